The van der Waals surface area contributed by atoms with Gasteiger partial charge in [0.2, 0.25) is 10.0 Å². The number of hydrogen-bond acceptors (Lipinski definition) is 5. The standard InChI is InChI=1S/C9H9N3O4S2/c13-9(14)8-1-7(4-17-8)18(15,16)12-3-6-2-10-5-11-6/h1-2,4-5,12H,3H2,(H,10,11)(H,13,14). The lowest BCUT2D eigenvalue weighted by molar-refractivity contribution is 0.0702. The van der Waals surface area contributed by atoms with Crippen molar-refractivity contribution in [1.82, 2.24) is 14.7 Å². The van der Waals surface area contributed by atoms with E-state index < -0.39 is 16.0 Å². The van der Waals surface area contributed by atoms with Crippen LogP contribution < -0.4 is 4.72 Å². The van der Waals surface area contributed by atoms with Gasteiger partial charge in [0.15, 0.2) is 0 Å². The highest BCUT2D eigenvalue weighted by Crippen LogP contribution is 2.19. The Morgan fingerprint density at radius 2 is 2.33 bits per heavy atom. The van der Waals surface area contributed by atoms with Crippen molar-refractivity contribution in [2.45, 2.75) is 11.4 Å². The van der Waals surface area contributed by atoms with Crippen molar-refractivity contribution in [3.63, 3.8) is 0 Å². The molecule has 0 saturated carbocycles. The highest BCUT2D eigenvalue weighted by Gasteiger charge is 2.18. The van der Waals surface area contributed by atoms with Crippen LogP contribution in [0.25, 0.3) is 0 Å². The summed E-state index contributed by atoms with van der Waals surface area (Å²) < 4.78 is 26.0. The maximum Gasteiger partial charge on any atom is 0.345 e. The minimum absolute atomic E-state index is 0.0167. The molecular formula is C9H9N3O4S2. The molecule has 9 heteroatoms. The summed E-state index contributed by atoms with van der Waals surface area (Å²) in [5.74, 6) is -1.14. The summed E-state index contributed by atoms with van der Waals surface area (Å²) in [6.45, 7) is 0.0700. The molecule has 0 fully saturated rings. The number of sulfonamides is 1. The maximum atomic E-state index is 11.8. The van der Waals surface area contributed by atoms with Crippen LogP contribution in [-0.2, 0) is 16.6 Å². The van der Waals surface area contributed by atoms with E-state index in [1.54, 1.807) is 0 Å². The summed E-state index contributed by atoms with van der Waals surface area (Å²) in [6, 6.07) is 1.13. The van der Waals surface area contributed by atoms with Crippen molar-refractivity contribution >= 4 is 27.3 Å². The van der Waals surface area contributed by atoms with Crippen LogP contribution in [-0.4, -0.2) is 29.5 Å². The third-order valence-corrected chi connectivity index (χ3v) is 4.55. The predicted octanol–water partition coefficient (Wildman–Crippen LogP) is 0.648. The molecule has 0 aromatic carbocycles. The SMILES string of the molecule is O=C(O)c1cc(S(=O)(=O)NCc2cnc[nH]2)cs1. The molecule has 96 valence electrons. The normalized spacial score (nSPS) is 11.6. The highest BCUT2D eigenvalue weighted by atomic mass is 32.2. The van der Waals surface area contributed by atoms with Crippen LogP contribution in [0.2, 0.25) is 0 Å². The van der Waals surface area contributed by atoms with E-state index in [4.69, 9.17) is 5.11 Å². The Morgan fingerprint density at radius 1 is 1.56 bits per heavy atom. The summed E-state index contributed by atoms with van der Waals surface area (Å²) in [7, 11) is -3.70. The molecule has 2 rings (SSSR count). The molecule has 7 nitrogen and oxygen atoms in total. The lowest BCUT2D eigenvalue weighted by Crippen LogP contribution is -2.22. The molecule has 2 aromatic heterocycles. The van der Waals surface area contributed by atoms with Gasteiger partial charge >= 0.3 is 5.97 Å². The molecule has 0 unspecified atom stereocenters. The lowest BCUT2D eigenvalue weighted by atomic mass is 10.5. The van der Waals surface area contributed by atoms with E-state index >= 15 is 0 Å². The van der Waals surface area contributed by atoms with Crippen LogP contribution >= 0.6 is 11.3 Å². The Balaban J connectivity index is 2.12. The van der Waals surface area contributed by atoms with Crippen LogP contribution in [0, 0.1) is 0 Å². The first-order chi connectivity index (χ1) is 8.49. The van der Waals surface area contributed by atoms with Crippen LogP contribution in [0.1, 0.15) is 15.4 Å². The molecule has 0 radical (unpaired) electrons. The Kier molecular flexibility index (Phi) is 3.45. The molecule has 0 aliphatic heterocycles. The second-order valence-electron chi connectivity index (χ2n) is 3.35. The Bertz CT molecular complexity index is 645. The first-order valence-electron chi connectivity index (χ1n) is 4.78. The van der Waals surface area contributed by atoms with Gasteiger partial charge in [-0.1, -0.05) is 0 Å². The van der Waals surface area contributed by atoms with E-state index in [0.29, 0.717) is 5.69 Å². The summed E-state index contributed by atoms with van der Waals surface area (Å²) >= 11 is 0.869. The largest absolute Gasteiger partial charge is 0.477 e. The van der Waals surface area contributed by atoms with E-state index in [2.05, 4.69) is 14.7 Å². The monoisotopic (exact) mass is 287 g/mol. The molecule has 2 aromatic rings. The van der Waals surface area contributed by atoms with Crippen molar-refractivity contribution in [1.29, 1.82) is 0 Å². The predicted molar refractivity (Wildman–Crippen MR) is 63.9 cm³/mol. The van der Waals surface area contributed by atoms with E-state index in [1.807, 2.05) is 0 Å². The van der Waals surface area contributed by atoms with Gasteiger partial charge in [-0.15, -0.1) is 11.3 Å². The van der Waals surface area contributed by atoms with Gasteiger partial charge in [-0.25, -0.2) is 22.9 Å². The second-order valence-corrected chi connectivity index (χ2v) is 6.03. The van der Waals surface area contributed by atoms with Crippen LogP contribution in [0.15, 0.2) is 28.9 Å². The lowest BCUT2D eigenvalue weighted by Gasteiger charge is -2.02. The average Bonchev–Trinajstić information content (AvgIpc) is 2.98. The Labute approximate surface area is 107 Å². The molecule has 18 heavy (non-hydrogen) atoms. The van der Waals surface area contributed by atoms with Crippen LogP contribution in [0.4, 0.5) is 0 Å². The van der Waals surface area contributed by atoms with E-state index in [9.17, 15) is 13.2 Å². The molecule has 2 heterocycles. The first kappa shape index (κ1) is 12.7. The molecule has 0 atom stereocenters. The van der Waals surface area contributed by atoms with Gasteiger partial charge in [-0.2, -0.15) is 0 Å². The van der Waals surface area contributed by atoms with Gasteiger partial charge in [-0.05, 0) is 6.07 Å². The zero-order valence-electron chi connectivity index (χ0n) is 8.95. The molecule has 0 saturated heterocycles. The van der Waals surface area contributed by atoms with E-state index in [-0.39, 0.29) is 16.3 Å². The van der Waals surface area contributed by atoms with Crippen LogP contribution in [0.5, 0.6) is 0 Å². The number of carboxylic acid groups (broad SMARTS) is 1. The molecule has 0 bridgehead atoms. The van der Waals surface area contributed by atoms with Gasteiger partial charge in [0.05, 0.1) is 17.8 Å². The number of hydrogen-bond donors (Lipinski definition) is 3. The number of nitrogens with zero attached hydrogens (tertiary/aromatic N) is 1. The average molecular weight is 287 g/mol. The minimum atomic E-state index is -3.70. The molecule has 0 amide bonds. The number of aromatic carboxylic acids is 1. The van der Waals surface area contributed by atoms with Gasteiger partial charge < -0.3 is 10.1 Å². The van der Waals surface area contributed by atoms with Crippen molar-refractivity contribution in [3.05, 3.63) is 34.5 Å². The van der Waals surface area contributed by atoms with E-state index in [0.717, 1.165) is 17.4 Å². The Morgan fingerprint density at radius 3 is 2.89 bits per heavy atom. The fourth-order valence-corrected chi connectivity index (χ4v) is 3.33. The number of aromatic nitrogens is 2. The van der Waals surface area contributed by atoms with Gasteiger partial charge in [-0.3, -0.25) is 0 Å². The molecule has 3 N–H and O–H groups in total. The molecule has 0 spiro atoms. The van der Waals surface area contributed by atoms with Gasteiger partial charge in [0.1, 0.15) is 4.88 Å². The molecular weight excluding hydrogens is 278 g/mol. The number of carboxylic acids is 1. The van der Waals surface area contributed by atoms with Crippen molar-refractivity contribution in [2.75, 3.05) is 0 Å². The third-order valence-electron chi connectivity index (χ3n) is 2.10. The number of H-pyrrole nitrogens is 1. The fourth-order valence-electron chi connectivity index (χ4n) is 1.21. The summed E-state index contributed by atoms with van der Waals surface area (Å²) in [4.78, 5) is 17.1. The fraction of sp³-hybridized carbons (Fsp3) is 0.111. The Hall–Kier alpha value is -1.71. The number of rotatable bonds is 5. The zero-order valence-corrected chi connectivity index (χ0v) is 10.6. The van der Waals surface area contributed by atoms with Crippen LogP contribution in [0.3, 0.4) is 0 Å². The number of nitrogens with one attached hydrogen (secondary N) is 2. The topological polar surface area (TPSA) is 112 Å². The smallest absolute Gasteiger partial charge is 0.345 e. The zero-order chi connectivity index (χ0) is 13.2. The summed E-state index contributed by atoms with van der Waals surface area (Å²) in [5, 5.41) is 10.0. The van der Waals surface area contributed by atoms with Crippen molar-refractivity contribution in [3.8, 4) is 0 Å². The second kappa shape index (κ2) is 4.88. The van der Waals surface area contributed by atoms with Gasteiger partial charge in [0.25, 0.3) is 0 Å². The summed E-state index contributed by atoms with van der Waals surface area (Å²) in [5.41, 5.74) is 0.618. The maximum absolute atomic E-state index is 11.8. The number of thiophene rings is 1. The van der Waals surface area contributed by atoms with Gasteiger partial charge in [0, 0.05) is 17.3 Å². The molecule has 0 aliphatic carbocycles. The first-order valence-corrected chi connectivity index (χ1v) is 7.14. The third kappa shape index (κ3) is 2.75. The quantitative estimate of drug-likeness (QED) is 0.747. The highest BCUT2D eigenvalue weighted by molar-refractivity contribution is 7.89. The van der Waals surface area contributed by atoms with E-state index in [1.165, 1.54) is 17.9 Å². The number of carbonyl (C=O) groups is 1. The minimum Gasteiger partial charge on any atom is -0.477 e. The molecule has 0 aliphatic rings. The summed E-state index contributed by atoms with van der Waals surface area (Å²) in [6.07, 6.45) is 2.94. The van der Waals surface area contributed by atoms with Crippen molar-refractivity contribution < 1.29 is 18.3 Å². The number of imidazole rings is 1. The number of aromatic amines is 1. The van der Waals surface area contributed by atoms with Crippen molar-refractivity contribution in [2.24, 2.45) is 0 Å².